The van der Waals surface area contributed by atoms with Crippen molar-refractivity contribution in [2.75, 3.05) is 5.32 Å². The summed E-state index contributed by atoms with van der Waals surface area (Å²) >= 11 is 0. The van der Waals surface area contributed by atoms with E-state index in [-0.39, 0.29) is 5.91 Å². The Morgan fingerprint density at radius 2 is 1.73 bits per heavy atom. The number of benzene rings is 2. The molecule has 0 spiro atoms. The monoisotopic (exact) mass is 298 g/mol. The first-order valence-electron chi connectivity index (χ1n) is 6.90. The number of para-hydroxylation sites is 1. The number of hydrogen-bond acceptors (Lipinski definition) is 3. The van der Waals surface area contributed by atoms with Crippen LogP contribution in [0.4, 0.5) is 5.69 Å². The molecule has 0 aliphatic heterocycles. The Morgan fingerprint density at radius 3 is 2.32 bits per heavy atom. The summed E-state index contributed by atoms with van der Waals surface area (Å²) in [6, 6.07) is 13.9. The lowest BCUT2D eigenvalue weighted by molar-refractivity contribution is -0.122. The van der Waals surface area contributed by atoms with Gasteiger partial charge in [0, 0.05) is 11.3 Å². The van der Waals surface area contributed by atoms with E-state index in [0.717, 1.165) is 5.56 Å². The van der Waals surface area contributed by atoms with Gasteiger partial charge in [0.15, 0.2) is 6.10 Å². The maximum atomic E-state index is 12.1. The number of aryl methyl sites for hydroxylation is 1. The van der Waals surface area contributed by atoms with Crippen molar-refractivity contribution in [1.82, 2.24) is 0 Å². The van der Waals surface area contributed by atoms with Crippen molar-refractivity contribution < 1.29 is 14.3 Å². The SMILES string of the molecule is Cc1ccccc1O[C@@H](C)C(=O)Nc1ccc(C(N)=O)cc1. The molecule has 2 amide bonds. The molecule has 5 heteroatoms. The second-order valence-corrected chi connectivity index (χ2v) is 4.96. The fraction of sp³-hybridized carbons (Fsp3) is 0.176. The van der Waals surface area contributed by atoms with E-state index in [1.165, 1.54) is 0 Å². The molecular weight excluding hydrogens is 280 g/mol. The first-order valence-corrected chi connectivity index (χ1v) is 6.90. The minimum Gasteiger partial charge on any atom is -0.481 e. The van der Waals surface area contributed by atoms with Crippen LogP contribution in [0.1, 0.15) is 22.8 Å². The molecule has 0 saturated carbocycles. The molecule has 0 unspecified atom stereocenters. The summed E-state index contributed by atoms with van der Waals surface area (Å²) < 4.78 is 5.65. The van der Waals surface area contributed by atoms with Crippen molar-refractivity contribution in [3.63, 3.8) is 0 Å². The van der Waals surface area contributed by atoms with Crippen LogP contribution in [-0.4, -0.2) is 17.9 Å². The van der Waals surface area contributed by atoms with Crippen molar-refractivity contribution in [2.24, 2.45) is 5.73 Å². The van der Waals surface area contributed by atoms with E-state index in [2.05, 4.69) is 5.32 Å². The van der Waals surface area contributed by atoms with Gasteiger partial charge in [0.25, 0.3) is 5.91 Å². The molecule has 0 radical (unpaired) electrons. The van der Waals surface area contributed by atoms with Gasteiger partial charge < -0.3 is 15.8 Å². The zero-order valence-corrected chi connectivity index (χ0v) is 12.5. The summed E-state index contributed by atoms with van der Waals surface area (Å²) in [5.41, 5.74) is 7.10. The maximum absolute atomic E-state index is 12.1. The number of primary amides is 1. The summed E-state index contributed by atoms with van der Waals surface area (Å²) in [7, 11) is 0. The van der Waals surface area contributed by atoms with E-state index in [1.54, 1.807) is 31.2 Å². The van der Waals surface area contributed by atoms with Gasteiger partial charge in [-0.15, -0.1) is 0 Å². The highest BCUT2D eigenvalue weighted by atomic mass is 16.5. The van der Waals surface area contributed by atoms with Gasteiger partial charge in [0.2, 0.25) is 5.91 Å². The third-order valence-corrected chi connectivity index (χ3v) is 3.20. The van der Waals surface area contributed by atoms with Gasteiger partial charge in [-0.1, -0.05) is 18.2 Å². The number of amides is 2. The minimum absolute atomic E-state index is 0.268. The second-order valence-electron chi connectivity index (χ2n) is 4.96. The Hall–Kier alpha value is -2.82. The van der Waals surface area contributed by atoms with Crippen molar-refractivity contribution in [1.29, 1.82) is 0 Å². The summed E-state index contributed by atoms with van der Waals surface area (Å²) in [6.07, 6.45) is -0.642. The van der Waals surface area contributed by atoms with E-state index in [4.69, 9.17) is 10.5 Å². The smallest absolute Gasteiger partial charge is 0.265 e. The largest absolute Gasteiger partial charge is 0.481 e. The number of nitrogens with one attached hydrogen (secondary N) is 1. The topological polar surface area (TPSA) is 81.4 Å². The van der Waals surface area contributed by atoms with Crippen LogP contribution in [-0.2, 0) is 4.79 Å². The van der Waals surface area contributed by atoms with Gasteiger partial charge in [-0.3, -0.25) is 9.59 Å². The molecule has 0 aliphatic carbocycles. The Kier molecular flexibility index (Phi) is 4.78. The molecule has 2 aromatic rings. The van der Waals surface area contributed by atoms with Crippen molar-refractivity contribution in [3.8, 4) is 5.75 Å². The highest BCUT2D eigenvalue weighted by molar-refractivity contribution is 5.96. The van der Waals surface area contributed by atoms with Crippen LogP contribution < -0.4 is 15.8 Å². The number of rotatable bonds is 5. The highest BCUT2D eigenvalue weighted by Gasteiger charge is 2.15. The number of carbonyl (C=O) groups is 2. The molecule has 0 bridgehead atoms. The molecule has 3 N–H and O–H groups in total. The zero-order valence-electron chi connectivity index (χ0n) is 12.5. The molecule has 0 heterocycles. The summed E-state index contributed by atoms with van der Waals surface area (Å²) in [6.45, 7) is 3.60. The third kappa shape index (κ3) is 3.85. The molecule has 0 aromatic heterocycles. The fourth-order valence-corrected chi connectivity index (χ4v) is 1.89. The van der Waals surface area contributed by atoms with Gasteiger partial charge in [-0.05, 0) is 49.7 Å². The van der Waals surface area contributed by atoms with E-state index >= 15 is 0 Å². The van der Waals surface area contributed by atoms with Crippen molar-refractivity contribution >= 4 is 17.5 Å². The van der Waals surface area contributed by atoms with Crippen LogP contribution in [0.25, 0.3) is 0 Å². The average molecular weight is 298 g/mol. The van der Waals surface area contributed by atoms with Gasteiger partial charge in [0.05, 0.1) is 0 Å². The number of nitrogens with two attached hydrogens (primary N) is 1. The van der Waals surface area contributed by atoms with Crippen molar-refractivity contribution in [2.45, 2.75) is 20.0 Å². The van der Waals surface area contributed by atoms with Crippen LogP contribution in [0.5, 0.6) is 5.75 Å². The van der Waals surface area contributed by atoms with E-state index < -0.39 is 12.0 Å². The second kappa shape index (κ2) is 6.76. The zero-order chi connectivity index (χ0) is 16.1. The molecule has 0 aliphatic rings. The Labute approximate surface area is 129 Å². The van der Waals surface area contributed by atoms with Crippen LogP contribution in [0.3, 0.4) is 0 Å². The lowest BCUT2D eigenvalue weighted by atomic mass is 10.2. The normalized spacial score (nSPS) is 11.5. The van der Waals surface area contributed by atoms with Gasteiger partial charge in [-0.25, -0.2) is 0 Å². The first-order chi connectivity index (χ1) is 10.5. The fourth-order valence-electron chi connectivity index (χ4n) is 1.89. The number of hydrogen-bond donors (Lipinski definition) is 2. The molecule has 0 fully saturated rings. The minimum atomic E-state index is -0.642. The van der Waals surface area contributed by atoms with Crippen LogP contribution in [0.15, 0.2) is 48.5 Å². The maximum Gasteiger partial charge on any atom is 0.265 e. The average Bonchev–Trinajstić information content (AvgIpc) is 2.50. The quantitative estimate of drug-likeness (QED) is 0.889. The third-order valence-electron chi connectivity index (χ3n) is 3.20. The molecule has 2 aromatic carbocycles. The summed E-state index contributed by atoms with van der Waals surface area (Å²) in [4.78, 5) is 23.1. The standard InChI is InChI=1S/C17H18N2O3/c1-11-5-3-4-6-15(11)22-12(2)17(21)19-14-9-7-13(8-10-14)16(18)20/h3-10,12H,1-2H3,(H2,18,20)(H,19,21)/t12-/m0/s1. The lowest BCUT2D eigenvalue weighted by Gasteiger charge is -2.16. The predicted molar refractivity (Wildman–Crippen MR) is 84.9 cm³/mol. The molecule has 22 heavy (non-hydrogen) atoms. The number of ether oxygens (including phenoxy) is 1. The van der Waals surface area contributed by atoms with Crippen molar-refractivity contribution in [3.05, 3.63) is 59.7 Å². The van der Waals surface area contributed by atoms with Crippen LogP contribution in [0.2, 0.25) is 0 Å². The molecule has 114 valence electrons. The van der Waals surface area contributed by atoms with E-state index in [1.807, 2.05) is 31.2 Å². The Morgan fingerprint density at radius 1 is 1.09 bits per heavy atom. The summed E-state index contributed by atoms with van der Waals surface area (Å²) in [5.74, 6) is -0.0987. The highest BCUT2D eigenvalue weighted by Crippen LogP contribution is 2.18. The van der Waals surface area contributed by atoms with Gasteiger partial charge in [0.1, 0.15) is 5.75 Å². The van der Waals surface area contributed by atoms with Crippen LogP contribution in [0, 0.1) is 6.92 Å². The predicted octanol–water partition coefficient (Wildman–Crippen LogP) is 2.50. The van der Waals surface area contributed by atoms with Crippen LogP contribution >= 0.6 is 0 Å². The number of anilines is 1. The summed E-state index contributed by atoms with van der Waals surface area (Å²) in [5, 5.41) is 2.73. The molecular formula is C17H18N2O3. The molecule has 2 rings (SSSR count). The molecule has 5 nitrogen and oxygen atoms in total. The van der Waals surface area contributed by atoms with Gasteiger partial charge in [-0.2, -0.15) is 0 Å². The molecule has 1 atom stereocenters. The molecule has 0 saturated heterocycles. The van der Waals surface area contributed by atoms with Gasteiger partial charge >= 0.3 is 0 Å². The van der Waals surface area contributed by atoms with E-state index in [9.17, 15) is 9.59 Å². The Balaban J connectivity index is 1.99. The Bertz CT molecular complexity index is 681. The number of carbonyl (C=O) groups excluding carboxylic acids is 2. The first kappa shape index (κ1) is 15.6. The lowest BCUT2D eigenvalue weighted by Crippen LogP contribution is -2.30. The van der Waals surface area contributed by atoms with E-state index in [0.29, 0.717) is 17.0 Å².